The van der Waals surface area contributed by atoms with Gasteiger partial charge in [-0.2, -0.15) is 5.10 Å². The van der Waals surface area contributed by atoms with E-state index >= 15 is 0 Å². The molecule has 0 unspecified atom stereocenters. The summed E-state index contributed by atoms with van der Waals surface area (Å²) < 4.78 is 14.6. The molecule has 3 aromatic rings. The van der Waals surface area contributed by atoms with E-state index in [1.165, 1.54) is 16.9 Å². The molecular weight excluding hydrogens is 255 g/mol. The van der Waals surface area contributed by atoms with Crippen LogP contribution in [0.5, 0.6) is 0 Å². The van der Waals surface area contributed by atoms with E-state index in [1.807, 2.05) is 18.2 Å². The molecule has 20 heavy (non-hydrogen) atoms. The molecule has 96 valence electrons. The number of nitrogens with zero attached hydrogens (tertiary/aromatic N) is 4. The van der Waals surface area contributed by atoms with Crippen molar-refractivity contribution in [3.05, 3.63) is 72.3 Å². The van der Waals surface area contributed by atoms with Crippen molar-refractivity contribution in [1.29, 1.82) is 0 Å². The lowest BCUT2D eigenvalue weighted by Gasteiger charge is -1.98. The first kappa shape index (κ1) is 12.1. The van der Waals surface area contributed by atoms with Crippen molar-refractivity contribution in [3.8, 4) is 17.5 Å². The molecule has 3 heterocycles. The third-order valence-corrected chi connectivity index (χ3v) is 2.54. The highest BCUT2D eigenvalue weighted by Crippen LogP contribution is 2.08. The average molecular weight is 264 g/mol. The number of aromatic nitrogens is 4. The summed E-state index contributed by atoms with van der Waals surface area (Å²) in [5.74, 6) is 5.49. The van der Waals surface area contributed by atoms with Crippen molar-refractivity contribution in [2.24, 2.45) is 0 Å². The molecule has 3 aromatic heterocycles. The Labute approximate surface area is 114 Å². The minimum absolute atomic E-state index is 0.404. The summed E-state index contributed by atoms with van der Waals surface area (Å²) in [6, 6.07) is 6.89. The molecule has 0 bridgehead atoms. The van der Waals surface area contributed by atoms with Gasteiger partial charge in [0.25, 0.3) is 0 Å². The first-order valence-electron chi connectivity index (χ1n) is 5.90. The van der Waals surface area contributed by atoms with Gasteiger partial charge in [0.2, 0.25) is 0 Å². The van der Waals surface area contributed by atoms with Crippen molar-refractivity contribution in [2.45, 2.75) is 0 Å². The maximum Gasteiger partial charge on any atom is 0.143 e. The molecule has 0 aliphatic rings. The van der Waals surface area contributed by atoms with E-state index in [0.717, 1.165) is 11.8 Å². The largest absolute Gasteiger partial charge is 0.259 e. The Bertz CT molecular complexity index is 784. The molecule has 0 saturated heterocycles. The van der Waals surface area contributed by atoms with Gasteiger partial charge < -0.3 is 0 Å². The van der Waals surface area contributed by atoms with Crippen LogP contribution in [0.2, 0.25) is 0 Å². The minimum Gasteiger partial charge on any atom is -0.259 e. The fourth-order valence-electron chi connectivity index (χ4n) is 1.63. The Kier molecular flexibility index (Phi) is 3.21. The highest BCUT2D eigenvalue weighted by atomic mass is 19.1. The van der Waals surface area contributed by atoms with E-state index < -0.39 is 5.82 Å². The highest BCUT2D eigenvalue weighted by molar-refractivity contribution is 5.39. The van der Waals surface area contributed by atoms with Crippen LogP contribution in [-0.4, -0.2) is 19.7 Å². The number of hydrogen-bond donors (Lipinski definition) is 0. The van der Waals surface area contributed by atoms with Gasteiger partial charge in [0.05, 0.1) is 29.8 Å². The molecule has 4 nitrogen and oxygen atoms in total. The molecule has 0 spiro atoms. The van der Waals surface area contributed by atoms with Gasteiger partial charge in [-0.25, -0.2) is 14.1 Å². The quantitative estimate of drug-likeness (QED) is 0.633. The van der Waals surface area contributed by atoms with E-state index in [4.69, 9.17) is 0 Å². The Morgan fingerprint density at radius 3 is 2.85 bits per heavy atom. The van der Waals surface area contributed by atoms with Crippen molar-refractivity contribution in [1.82, 2.24) is 19.7 Å². The molecule has 0 amide bonds. The molecule has 0 aliphatic heterocycles. The summed E-state index contributed by atoms with van der Waals surface area (Å²) >= 11 is 0. The topological polar surface area (TPSA) is 43.6 Å². The second-order valence-corrected chi connectivity index (χ2v) is 4.00. The molecule has 0 aromatic carbocycles. The lowest BCUT2D eigenvalue weighted by atomic mass is 10.3. The molecule has 0 fully saturated rings. The molecule has 0 N–H and O–H groups in total. The van der Waals surface area contributed by atoms with Crippen LogP contribution in [0.25, 0.3) is 5.69 Å². The molecule has 3 rings (SSSR count). The Morgan fingerprint density at radius 1 is 1.10 bits per heavy atom. The summed E-state index contributed by atoms with van der Waals surface area (Å²) in [7, 11) is 0. The van der Waals surface area contributed by atoms with Crippen molar-refractivity contribution >= 4 is 0 Å². The van der Waals surface area contributed by atoms with Crippen LogP contribution in [0.1, 0.15) is 11.3 Å². The van der Waals surface area contributed by atoms with Crippen LogP contribution >= 0.6 is 0 Å². The Hall–Kier alpha value is -3.00. The third-order valence-electron chi connectivity index (χ3n) is 2.54. The van der Waals surface area contributed by atoms with Gasteiger partial charge in [0, 0.05) is 18.5 Å². The van der Waals surface area contributed by atoms with Gasteiger partial charge in [-0.1, -0.05) is 12.0 Å². The Balaban J connectivity index is 1.86. The monoisotopic (exact) mass is 264 g/mol. The Morgan fingerprint density at radius 2 is 2.05 bits per heavy atom. The fraction of sp³-hybridized carbons (Fsp3) is 0. The van der Waals surface area contributed by atoms with Gasteiger partial charge in [-0.3, -0.25) is 4.98 Å². The first-order valence-corrected chi connectivity index (χ1v) is 5.90. The maximum atomic E-state index is 13.1. The first-order chi connectivity index (χ1) is 9.81. The summed E-state index contributed by atoms with van der Waals surface area (Å²) in [5, 5.41) is 4.13. The molecule has 0 radical (unpaired) electrons. The van der Waals surface area contributed by atoms with Crippen molar-refractivity contribution in [2.75, 3.05) is 0 Å². The second-order valence-electron chi connectivity index (χ2n) is 4.00. The number of halogens is 1. The van der Waals surface area contributed by atoms with Crippen molar-refractivity contribution in [3.63, 3.8) is 0 Å². The van der Waals surface area contributed by atoms with E-state index in [-0.39, 0.29) is 0 Å². The number of hydrogen-bond acceptors (Lipinski definition) is 3. The van der Waals surface area contributed by atoms with Crippen LogP contribution in [0.15, 0.2) is 55.2 Å². The van der Waals surface area contributed by atoms with Crippen LogP contribution in [0.3, 0.4) is 0 Å². The highest BCUT2D eigenvalue weighted by Gasteiger charge is 2.01. The minimum atomic E-state index is -0.404. The van der Waals surface area contributed by atoms with Crippen LogP contribution in [0.4, 0.5) is 4.39 Å². The number of pyridine rings is 2. The molecule has 5 heteroatoms. The zero-order chi connectivity index (χ0) is 13.8. The van der Waals surface area contributed by atoms with E-state index in [9.17, 15) is 4.39 Å². The zero-order valence-corrected chi connectivity index (χ0v) is 10.4. The average Bonchev–Trinajstić information content (AvgIpc) is 2.95. The van der Waals surface area contributed by atoms with Crippen LogP contribution in [0, 0.1) is 17.7 Å². The molecule has 0 aliphatic carbocycles. The van der Waals surface area contributed by atoms with Crippen LogP contribution in [-0.2, 0) is 0 Å². The summed E-state index contributed by atoms with van der Waals surface area (Å²) in [5.41, 5.74) is 1.96. The molecular formula is C15H9FN4. The van der Waals surface area contributed by atoms with Crippen LogP contribution < -0.4 is 0 Å². The van der Waals surface area contributed by atoms with E-state index in [2.05, 4.69) is 26.9 Å². The SMILES string of the molecule is Fc1cncc(-n2cc(C#Cc3ccccn3)cn2)c1. The van der Waals surface area contributed by atoms with Gasteiger partial charge in [-0.15, -0.1) is 0 Å². The third kappa shape index (κ3) is 2.70. The number of rotatable bonds is 1. The predicted molar refractivity (Wildman–Crippen MR) is 71.5 cm³/mol. The van der Waals surface area contributed by atoms with Gasteiger partial charge in [0.1, 0.15) is 11.5 Å². The lowest BCUT2D eigenvalue weighted by Crippen LogP contribution is -1.95. The summed E-state index contributed by atoms with van der Waals surface area (Å²) in [6.07, 6.45) is 7.69. The smallest absolute Gasteiger partial charge is 0.143 e. The normalized spacial score (nSPS) is 9.85. The van der Waals surface area contributed by atoms with Gasteiger partial charge in [0.15, 0.2) is 0 Å². The van der Waals surface area contributed by atoms with E-state index in [0.29, 0.717) is 11.4 Å². The zero-order valence-electron chi connectivity index (χ0n) is 10.4. The lowest BCUT2D eigenvalue weighted by molar-refractivity contribution is 0.618. The summed E-state index contributed by atoms with van der Waals surface area (Å²) in [6.45, 7) is 0. The van der Waals surface area contributed by atoms with Crippen molar-refractivity contribution < 1.29 is 4.39 Å². The fourth-order valence-corrected chi connectivity index (χ4v) is 1.63. The second kappa shape index (κ2) is 5.33. The maximum absolute atomic E-state index is 13.1. The molecule has 0 atom stereocenters. The molecule has 0 saturated carbocycles. The standard InChI is InChI=1S/C15H9FN4/c16-13-7-15(10-17-9-13)20-11-12(8-19-20)4-5-14-3-1-2-6-18-14/h1-3,6-11H. The summed E-state index contributed by atoms with van der Waals surface area (Å²) in [4.78, 5) is 7.89. The van der Waals surface area contributed by atoms with Gasteiger partial charge >= 0.3 is 0 Å². The van der Waals surface area contributed by atoms with E-state index in [1.54, 1.807) is 18.6 Å². The van der Waals surface area contributed by atoms with Gasteiger partial charge in [-0.05, 0) is 18.1 Å². The predicted octanol–water partition coefficient (Wildman–Crippen LogP) is 2.20.